The third kappa shape index (κ3) is 4.25. The fourth-order valence-corrected chi connectivity index (χ4v) is 1.93. The van der Waals surface area contributed by atoms with Gasteiger partial charge in [-0.05, 0) is 18.2 Å². The Morgan fingerprint density at radius 1 is 1.42 bits per heavy atom. The summed E-state index contributed by atoms with van der Waals surface area (Å²) < 4.78 is 42.2. The van der Waals surface area contributed by atoms with E-state index in [0.29, 0.717) is 5.56 Å². The molecule has 2 aromatic rings. The maximum atomic E-state index is 12.3. The zero-order valence-corrected chi connectivity index (χ0v) is 12.8. The summed E-state index contributed by atoms with van der Waals surface area (Å²) in [6, 6.07) is 5.32. The zero-order chi connectivity index (χ0) is 17.9. The van der Waals surface area contributed by atoms with Crippen LogP contribution >= 0.6 is 0 Å². The van der Waals surface area contributed by atoms with Crippen LogP contribution in [0.5, 0.6) is 5.75 Å². The van der Waals surface area contributed by atoms with Crippen LogP contribution in [0, 0.1) is 11.3 Å². The molecule has 126 valence electrons. The van der Waals surface area contributed by atoms with Crippen LogP contribution in [0.1, 0.15) is 5.56 Å². The van der Waals surface area contributed by atoms with Crippen molar-refractivity contribution in [2.75, 3.05) is 14.1 Å². The molecule has 0 atom stereocenters. The van der Waals surface area contributed by atoms with Gasteiger partial charge in [0.25, 0.3) is 0 Å². The first-order valence-corrected chi connectivity index (χ1v) is 6.72. The van der Waals surface area contributed by atoms with Crippen LogP contribution in [-0.4, -0.2) is 41.0 Å². The van der Waals surface area contributed by atoms with E-state index in [1.54, 1.807) is 14.1 Å². The van der Waals surface area contributed by atoms with Crippen molar-refractivity contribution in [1.29, 1.82) is 5.26 Å². The second kappa shape index (κ2) is 6.62. The molecule has 1 heterocycles. The number of hydrogen-bond donors (Lipinski definition) is 0. The van der Waals surface area contributed by atoms with Crippen LogP contribution in [0.25, 0.3) is 11.1 Å². The summed E-state index contributed by atoms with van der Waals surface area (Å²) in [5.74, 6) is -0.632. The summed E-state index contributed by atoms with van der Waals surface area (Å²) >= 11 is 0. The molecule has 0 spiro atoms. The minimum atomic E-state index is -4.83. The number of likely N-dealkylation sites (N-methyl/N-ethyl adjacent to an activating group) is 1. The number of ether oxygens (including phenoxy) is 1. The SMILES string of the molecule is CN(C)C(=O)Cn1cc(-c2cc(OC(F)(F)F)ccc2C#N)cn1. The summed E-state index contributed by atoms with van der Waals surface area (Å²) in [6.07, 6.45) is -1.97. The summed E-state index contributed by atoms with van der Waals surface area (Å²) in [5, 5.41) is 13.1. The van der Waals surface area contributed by atoms with E-state index in [1.807, 2.05) is 6.07 Å². The highest BCUT2D eigenvalue weighted by Gasteiger charge is 2.31. The second-order valence-electron chi connectivity index (χ2n) is 5.08. The number of carbonyl (C=O) groups excluding carboxylic acids is 1. The fourth-order valence-electron chi connectivity index (χ4n) is 1.93. The van der Waals surface area contributed by atoms with Gasteiger partial charge in [-0.2, -0.15) is 10.4 Å². The normalized spacial score (nSPS) is 11.0. The average molecular weight is 338 g/mol. The average Bonchev–Trinajstić information content (AvgIpc) is 2.93. The Labute approximate surface area is 135 Å². The van der Waals surface area contributed by atoms with Gasteiger partial charge in [-0.15, -0.1) is 13.2 Å². The van der Waals surface area contributed by atoms with Gasteiger partial charge in [0, 0.05) is 31.4 Å². The molecule has 0 unspecified atom stereocenters. The van der Waals surface area contributed by atoms with E-state index in [2.05, 4.69) is 9.84 Å². The van der Waals surface area contributed by atoms with Crippen LogP contribution in [0.15, 0.2) is 30.6 Å². The number of benzene rings is 1. The molecule has 2 rings (SSSR count). The minimum Gasteiger partial charge on any atom is -0.406 e. The van der Waals surface area contributed by atoms with Gasteiger partial charge in [-0.3, -0.25) is 9.48 Å². The lowest BCUT2D eigenvalue weighted by Gasteiger charge is -2.11. The standard InChI is InChI=1S/C15H13F3N4O2/c1-21(2)14(23)9-22-8-11(7-20-22)13-5-12(24-15(16,17)18)4-3-10(13)6-19/h3-5,7-8H,9H2,1-2H3. The van der Waals surface area contributed by atoms with Gasteiger partial charge >= 0.3 is 6.36 Å². The third-order valence-corrected chi connectivity index (χ3v) is 3.09. The molecule has 0 radical (unpaired) electrons. The van der Waals surface area contributed by atoms with Crippen LogP contribution in [0.2, 0.25) is 0 Å². The number of alkyl halides is 3. The van der Waals surface area contributed by atoms with Gasteiger partial charge in [0.2, 0.25) is 5.91 Å². The van der Waals surface area contributed by atoms with Crippen molar-refractivity contribution >= 4 is 5.91 Å². The van der Waals surface area contributed by atoms with Crippen molar-refractivity contribution in [3.63, 3.8) is 0 Å². The third-order valence-electron chi connectivity index (χ3n) is 3.09. The van der Waals surface area contributed by atoms with Crippen LogP contribution in [-0.2, 0) is 11.3 Å². The molecule has 0 aliphatic carbocycles. The molecule has 24 heavy (non-hydrogen) atoms. The first-order valence-electron chi connectivity index (χ1n) is 6.72. The fraction of sp³-hybridized carbons (Fsp3) is 0.267. The molecule has 0 aliphatic heterocycles. The molecule has 1 aromatic carbocycles. The van der Waals surface area contributed by atoms with Crippen molar-refractivity contribution in [3.8, 4) is 22.9 Å². The molecule has 0 bridgehead atoms. The van der Waals surface area contributed by atoms with Crippen molar-refractivity contribution in [2.24, 2.45) is 0 Å². The van der Waals surface area contributed by atoms with Gasteiger partial charge in [0.05, 0.1) is 17.8 Å². The van der Waals surface area contributed by atoms with Crippen LogP contribution in [0.4, 0.5) is 13.2 Å². The van der Waals surface area contributed by atoms with E-state index in [1.165, 1.54) is 28.0 Å². The van der Waals surface area contributed by atoms with Gasteiger partial charge in [-0.25, -0.2) is 0 Å². The highest BCUT2D eigenvalue weighted by molar-refractivity contribution is 5.76. The van der Waals surface area contributed by atoms with Gasteiger partial charge in [-0.1, -0.05) is 0 Å². The van der Waals surface area contributed by atoms with Crippen LogP contribution < -0.4 is 4.74 Å². The minimum absolute atomic E-state index is 0.0202. The van der Waals surface area contributed by atoms with E-state index < -0.39 is 12.1 Å². The van der Waals surface area contributed by atoms with E-state index in [0.717, 1.165) is 12.1 Å². The monoisotopic (exact) mass is 338 g/mol. The number of rotatable bonds is 4. The molecular formula is C15H13F3N4O2. The van der Waals surface area contributed by atoms with Crippen LogP contribution in [0.3, 0.4) is 0 Å². The van der Waals surface area contributed by atoms with Gasteiger partial charge in [0.1, 0.15) is 12.3 Å². The molecule has 0 saturated heterocycles. The summed E-state index contributed by atoms with van der Waals surface area (Å²) in [4.78, 5) is 13.0. The number of nitrogens with zero attached hydrogens (tertiary/aromatic N) is 4. The Morgan fingerprint density at radius 2 is 2.12 bits per heavy atom. The van der Waals surface area contributed by atoms with Crippen molar-refractivity contribution < 1.29 is 22.7 Å². The van der Waals surface area contributed by atoms with Crippen molar-refractivity contribution in [3.05, 3.63) is 36.2 Å². The Hall–Kier alpha value is -3.02. The first-order chi connectivity index (χ1) is 11.2. The maximum Gasteiger partial charge on any atom is 0.573 e. The Kier molecular flexibility index (Phi) is 4.78. The highest BCUT2D eigenvalue weighted by Crippen LogP contribution is 2.30. The molecule has 6 nitrogen and oxygen atoms in total. The first kappa shape index (κ1) is 17.3. The predicted molar refractivity (Wildman–Crippen MR) is 77.8 cm³/mol. The number of carbonyl (C=O) groups is 1. The van der Waals surface area contributed by atoms with Gasteiger partial charge in [0.15, 0.2) is 0 Å². The van der Waals surface area contributed by atoms with E-state index in [4.69, 9.17) is 5.26 Å². The molecule has 0 N–H and O–H groups in total. The Bertz CT molecular complexity index is 791. The van der Waals surface area contributed by atoms with Crippen molar-refractivity contribution in [1.82, 2.24) is 14.7 Å². The quantitative estimate of drug-likeness (QED) is 0.858. The van der Waals surface area contributed by atoms with E-state index >= 15 is 0 Å². The second-order valence-corrected chi connectivity index (χ2v) is 5.08. The number of amides is 1. The van der Waals surface area contributed by atoms with E-state index in [-0.39, 0.29) is 23.6 Å². The zero-order valence-electron chi connectivity index (χ0n) is 12.8. The summed E-state index contributed by atoms with van der Waals surface area (Å²) in [6.45, 7) is -0.0202. The van der Waals surface area contributed by atoms with E-state index in [9.17, 15) is 18.0 Å². The van der Waals surface area contributed by atoms with Gasteiger partial charge < -0.3 is 9.64 Å². The van der Waals surface area contributed by atoms with Crippen molar-refractivity contribution in [2.45, 2.75) is 12.9 Å². The molecule has 9 heteroatoms. The molecular weight excluding hydrogens is 325 g/mol. The lowest BCUT2D eigenvalue weighted by atomic mass is 10.0. The number of aromatic nitrogens is 2. The Morgan fingerprint density at radius 3 is 2.71 bits per heavy atom. The smallest absolute Gasteiger partial charge is 0.406 e. The molecule has 0 saturated carbocycles. The number of halogens is 3. The molecule has 1 amide bonds. The molecule has 0 aliphatic rings. The predicted octanol–water partition coefficient (Wildman–Crippen LogP) is 2.41. The number of hydrogen-bond acceptors (Lipinski definition) is 4. The number of nitriles is 1. The molecule has 0 fully saturated rings. The summed E-state index contributed by atoms with van der Waals surface area (Å²) in [7, 11) is 3.19. The molecule has 1 aromatic heterocycles. The lowest BCUT2D eigenvalue weighted by molar-refractivity contribution is -0.274. The highest BCUT2D eigenvalue weighted by atomic mass is 19.4. The largest absolute Gasteiger partial charge is 0.573 e. The Balaban J connectivity index is 2.34. The maximum absolute atomic E-state index is 12.3. The summed E-state index contributed by atoms with van der Waals surface area (Å²) in [5.41, 5.74) is 0.816. The lowest BCUT2D eigenvalue weighted by Crippen LogP contribution is -2.26. The topological polar surface area (TPSA) is 71.2 Å².